The van der Waals surface area contributed by atoms with Crippen LogP contribution in [0.5, 0.6) is 0 Å². The maximum absolute atomic E-state index is 12.8. The molecule has 0 aliphatic carbocycles. The van der Waals surface area contributed by atoms with Gasteiger partial charge in [-0.25, -0.2) is 9.78 Å². The molecule has 106 valence electrons. The number of carbonyl (C=O) groups excluding carboxylic acids is 1. The van der Waals surface area contributed by atoms with Crippen molar-refractivity contribution in [1.29, 1.82) is 0 Å². The van der Waals surface area contributed by atoms with Gasteiger partial charge < -0.3 is 13.9 Å². The fourth-order valence-electron chi connectivity index (χ4n) is 1.77. The number of ether oxygens (including phenoxy) is 2. The van der Waals surface area contributed by atoms with Gasteiger partial charge in [-0.1, -0.05) is 0 Å². The summed E-state index contributed by atoms with van der Waals surface area (Å²) in [6.45, 7) is 2.12. The fourth-order valence-corrected chi connectivity index (χ4v) is 1.77. The molecule has 1 saturated heterocycles. The van der Waals surface area contributed by atoms with Crippen molar-refractivity contribution in [3.63, 3.8) is 0 Å². The second kappa shape index (κ2) is 5.20. The Labute approximate surface area is 106 Å². The van der Waals surface area contributed by atoms with Crippen LogP contribution in [-0.4, -0.2) is 30.8 Å². The van der Waals surface area contributed by atoms with E-state index < -0.39 is 23.6 Å². The van der Waals surface area contributed by atoms with E-state index >= 15 is 0 Å². The molecular formula is C11H12F3NO4. The van der Waals surface area contributed by atoms with Gasteiger partial charge in [-0.15, -0.1) is 0 Å². The Morgan fingerprint density at radius 3 is 2.79 bits per heavy atom. The molecule has 0 spiro atoms. The molecule has 1 aromatic rings. The largest absolute Gasteiger partial charge is 0.460 e. The molecule has 19 heavy (non-hydrogen) atoms. The van der Waals surface area contributed by atoms with Crippen LogP contribution in [0.4, 0.5) is 13.2 Å². The Morgan fingerprint density at radius 2 is 2.26 bits per heavy atom. The third kappa shape index (κ3) is 2.89. The van der Waals surface area contributed by atoms with Crippen LogP contribution < -0.4 is 0 Å². The lowest BCUT2D eigenvalue weighted by Gasteiger charge is -2.03. The van der Waals surface area contributed by atoms with E-state index in [1.54, 1.807) is 0 Å². The zero-order valence-corrected chi connectivity index (χ0v) is 10.1. The van der Waals surface area contributed by atoms with Gasteiger partial charge in [0.2, 0.25) is 11.7 Å². The maximum Gasteiger partial charge on any atom is 0.437 e. The molecule has 1 aromatic heterocycles. The molecular weight excluding hydrogens is 267 g/mol. The monoisotopic (exact) mass is 279 g/mol. The van der Waals surface area contributed by atoms with Crippen molar-refractivity contribution in [2.75, 3.05) is 19.8 Å². The molecule has 1 atom stereocenters. The number of rotatable bonds is 3. The molecule has 1 aliphatic rings. The number of esters is 1. The Hall–Kier alpha value is -1.57. The summed E-state index contributed by atoms with van der Waals surface area (Å²) in [7, 11) is 0. The summed E-state index contributed by atoms with van der Waals surface area (Å²) >= 11 is 0. The average Bonchev–Trinajstić information content (AvgIpc) is 2.97. The van der Waals surface area contributed by atoms with Gasteiger partial charge in [-0.05, 0) is 13.3 Å². The Morgan fingerprint density at radius 1 is 1.53 bits per heavy atom. The third-order valence-corrected chi connectivity index (χ3v) is 2.65. The molecule has 1 unspecified atom stereocenters. The van der Waals surface area contributed by atoms with Crippen LogP contribution in [0.25, 0.3) is 0 Å². The predicted molar refractivity (Wildman–Crippen MR) is 55.6 cm³/mol. The van der Waals surface area contributed by atoms with Crippen molar-refractivity contribution in [2.24, 2.45) is 0 Å². The minimum Gasteiger partial charge on any atom is -0.460 e. The second-order valence-corrected chi connectivity index (χ2v) is 4.01. The zero-order chi connectivity index (χ0) is 14.0. The summed E-state index contributed by atoms with van der Waals surface area (Å²) in [4.78, 5) is 14.8. The van der Waals surface area contributed by atoms with E-state index in [1.165, 1.54) is 6.92 Å². The fraction of sp³-hybridized carbons (Fsp3) is 0.636. The highest BCUT2D eigenvalue weighted by Gasteiger charge is 2.42. The SMILES string of the molecule is CCOC(=O)c1oc(C2CCOC2)nc1C(F)(F)F. The summed E-state index contributed by atoms with van der Waals surface area (Å²) in [6.07, 6.45) is -4.25. The lowest BCUT2D eigenvalue weighted by molar-refractivity contribution is -0.141. The number of alkyl halides is 3. The highest BCUT2D eigenvalue weighted by molar-refractivity contribution is 5.87. The second-order valence-electron chi connectivity index (χ2n) is 4.01. The zero-order valence-electron chi connectivity index (χ0n) is 10.1. The number of oxazole rings is 1. The topological polar surface area (TPSA) is 61.6 Å². The molecule has 0 aromatic carbocycles. The van der Waals surface area contributed by atoms with Gasteiger partial charge in [0.15, 0.2) is 5.69 Å². The van der Waals surface area contributed by atoms with Crippen LogP contribution in [0.15, 0.2) is 4.42 Å². The van der Waals surface area contributed by atoms with Crippen molar-refractivity contribution in [2.45, 2.75) is 25.4 Å². The standard InChI is InChI=1S/C11H12F3NO4/c1-2-18-10(16)7-8(11(12,13)14)15-9(19-7)6-3-4-17-5-6/h6H,2-5H2,1H3. The van der Waals surface area contributed by atoms with E-state index in [2.05, 4.69) is 9.72 Å². The van der Waals surface area contributed by atoms with Crippen molar-refractivity contribution in [3.05, 3.63) is 17.3 Å². The van der Waals surface area contributed by atoms with Crippen molar-refractivity contribution >= 4 is 5.97 Å². The van der Waals surface area contributed by atoms with Gasteiger partial charge in [-0.2, -0.15) is 13.2 Å². The molecule has 8 heteroatoms. The number of carbonyl (C=O) groups is 1. The number of halogens is 3. The highest BCUT2D eigenvalue weighted by Crippen LogP contribution is 2.35. The average molecular weight is 279 g/mol. The first-order valence-electron chi connectivity index (χ1n) is 5.76. The van der Waals surface area contributed by atoms with Crippen LogP contribution in [0.2, 0.25) is 0 Å². The van der Waals surface area contributed by atoms with Crippen LogP contribution in [-0.2, 0) is 15.7 Å². The third-order valence-electron chi connectivity index (χ3n) is 2.65. The van der Waals surface area contributed by atoms with Crippen molar-refractivity contribution < 1.29 is 31.9 Å². The van der Waals surface area contributed by atoms with E-state index in [0.717, 1.165) is 0 Å². The van der Waals surface area contributed by atoms with Gasteiger partial charge in [0.25, 0.3) is 0 Å². The summed E-state index contributed by atoms with van der Waals surface area (Å²) in [5.41, 5.74) is -1.34. The maximum atomic E-state index is 12.8. The molecule has 0 saturated carbocycles. The summed E-state index contributed by atoms with van der Waals surface area (Å²) in [5.74, 6) is -2.54. The van der Waals surface area contributed by atoms with Crippen LogP contribution in [0.3, 0.4) is 0 Å². The van der Waals surface area contributed by atoms with Crippen LogP contribution >= 0.6 is 0 Å². The first-order chi connectivity index (χ1) is 8.93. The molecule has 2 rings (SSSR count). The van der Waals surface area contributed by atoms with E-state index in [9.17, 15) is 18.0 Å². The van der Waals surface area contributed by atoms with Gasteiger partial charge in [0, 0.05) is 6.61 Å². The number of nitrogens with zero attached hydrogens (tertiary/aromatic N) is 1. The smallest absolute Gasteiger partial charge is 0.437 e. The van der Waals surface area contributed by atoms with Crippen LogP contribution in [0, 0.1) is 0 Å². The van der Waals surface area contributed by atoms with Gasteiger partial charge in [-0.3, -0.25) is 0 Å². The lowest BCUT2D eigenvalue weighted by atomic mass is 10.1. The lowest BCUT2D eigenvalue weighted by Crippen LogP contribution is -2.14. The summed E-state index contributed by atoms with van der Waals surface area (Å²) in [6, 6.07) is 0. The summed E-state index contributed by atoms with van der Waals surface area (Å²) in [5, 5.41) is 0. The predicted octanol–water partition coefficient (Wildman–Crippen LogP) is 2.37. The van der Waals surface area contributed by atoms with Gasteiger partial charge in [0.05, 0.1) is 19.1 Å². The van der Waals surface area contributed by atoms with E-state index in [-0.39, 0.29) is 25.0 Å². The van der Waals surface area contributed by atoms with Gasteiger partial charge in [0.1, 0.15) is 0 Å². The minimum absolute atomic E-state index is 0.0430. The number of hydrogen-bond acceptors (Lipinski definition) is 5. The molecule has 1 aliphatic heterocycles. The molecule has 0 N–H and O–H groups in total. The quantitative estimate of drug-likeness (QED) is 0.795. The molecule has 0 bridgehead atoms. The van der Waals surface area contributed by atoms with Crippen molar-refractivity contribution in [1.82, 2.24) is 4.98 Å². The van der Waals surface area contributed by atoms with Gasteiger partial charge >= 0.3 is 12.1 Å². The van der Waals surface area contributed by atoms with E-state index in [4.69, 9.17) is 9.15 Å². The minimum atomic E-state index is -4.76. The Bertz CT molecular complexity index is 463. The normalized spacial score (nSPS) is 19.7. The molecule has 0 radical (unpaired) electrons. The molecule has 2 heterocycles. The first kappa shape index (κ1) is 13.9. The first-order valence-corrected chi connectivity index (χ1v) is 5.76. The highest BCUT2D eigenvalue weighted by atomic mass is 19.4. The number of aromatic nitrogens is 1. The molecule has 0 amide bonds. The number of hydrogen-bond donors (Lipinski definition) is 0. The molecule has 5 nitrogen and oxygen atoms in total. The van der Waals surface area contributed by atoms with Crippen molar-refractivity contribution in [3.8, 4) is 0 Å². The molecule has 1 fully saturated rings. The van der Waals surface area contributed by atoms with E-state index in [1.807, 2.05) is 0 Å². The summed E-state index contributed by atoms with van der Waals surface area (Å²) < 4.78 is 52.9. The Balaban J connectivity index is 2.36. The Kier molecular flexibility index (Phi) is 3.79. The van der Waals surface area contributed by atoms with Crippen LogP contribution in [0.1, 0.15) is 41.4 Å². The van der Waals surface area contributed by atoms with E-state index in [0.29, 0.717) is 13.0 Å².